The zero-order chi connectivity index (χ0) is 13.2. The lowest BCUT2D eigenvalue weighted by Crippen LogP contribution is -2.53. The summed E-state index contributed by atoms with van der Waals surface area (Å²) in [5.41, 5.74) is 1.66. The second-order valence-electron chi connectivity index (χ2n) is 4.82. The van der Waals surface area contributed by atoms with Crippen molar-refractivity contribution >= 4 is 23.6 Å². The molecule has 0 bridgehead atoms. The van der Waals surface area contributed by atoms with Crippen molar-refractivity contribution in [3.05, 3.63) is 35.4 Å². The van der Waals surface area contributed by atoms with E-state index in [9.17, 15) is 9.59 Å². The number of nitrogens with one attached hydrogen (secondary N) is 1. The van der Waals surface area contributed by atoms with Gasteiger partial charge in [-0.1, -0.05) is 18.2 Å². The molecule has 0 saturated carbocycles. The highest BCUT2D eigenvalue weighted by molar-refractivity contribution is 7.99. The largest absolute Gasteiger partial charge is 0.340 e. The molecule has 2 aliphatic rings. The Labute approximate surface area is 116 Å². The maximum absolute atomic E-state index is 12.4. The van der Waals surface area contributed by atoms with Gasteiger partial charge in [0.2, 0.25) is 5.91 Å². The van der Waals surface area contributed by atoms with Crippen LogP contribution in [-0.4, -0.2) is 47.4 Å². The van der Waals surface area contributed by atoms with Crippen LogP contribution in [-0.2, 0) is 11.2 Å². The van der Waals surface area contributed by atoms with E-state index in [4.69, 9.17) is 0 Å². The van der Waals surface area contributed by atoms with Gasteiger partial charge in [-0.15, -0.1) is 0 Å². The molecule has 0 spiro atoms. The van der Waals surface area contributed by atoms with Crippen molar-refractivity contribution in [2.24, 2.45) is 0 Å². The van der Waals surface area contributed by atoms with Gasteiger partial charge < -0.3 is 10.2 Å². The number of benzene rings is 1. The highest BCUT2D eigenvalue weighted by Crippen LogP contribution is 2.19. The molecule has 0 aromatic heterocycles. The van der Waals surface area contributed by atoms with Crippen LogP contribution in [0.4, 0.5) is 0 Å². The number of thioether (sulfide) groups is 1. The Morgan fingerprint density at radius 2 is 2.00 bits per heavy atom. The third-order valence-electron chi connectivity index (χ3n) is 3.61. The van der Waals surface area contributed by atoms with E-state index in [1.165, 1.54) is 0 Å². The Kier molecular flexibility index (Phi) is 3.46. The van der Waals surface area contributed by atoms with Crippen molar-refractivity contribution < 1.29 is 9.59 Å². The molecule has 2 heterocycles. The van der Waals surface area contributed by atoms with E-state index in [-0.39, 0.29) is 11.8 Å². The predicted octanol–water partition coefficient (Wildman–Crippen LogP) is 0.916. The molecule has 1 saturated heterocycles. The molecule has 1 fully saturated rings. The second-order valence-corrected chi connectivity index (χ2v) is 6.05. The van der Waals surface area contributed by atoms with Gasteiger partial charge in [-0.25, -0.2) is 0 Å². The summed E-state index contributed by atoms with van der Waals surface area (Å²) in [6.07, 6.45) is 0.602. The molecule has 0 aliphatic carbocycles. The summed E-state index contributed by atoms with van der Waals surface area (Å²) >= 11 is 1.87. The fourth-order valence-electron chi connectivity index (χ4n) is 2.58. The lowest BCUT2D eigenvalue weighted by molar-refractivity contribution is -0.132. The highest BCUT2D eigenvalue weighted by Gasteiger charge is 2.31. The first-order valence-corrected chi connectivity index (χ1v) is 7.66. The molecule has 5 heteroatoms. The maximum Gasteiger partial charge on any atom is 0.252 e. The SMILES string of the molecule is O=C1N[C@H](C(=O)N2CCSCC2)Cc2ccccc21. The minimum atomic E-state index is -0.398. The van der Waals surface area contributed by atoms with Gasteiger partial charge in [0.05, 0.1) is 0 Å². The molecule has 0 unspecified atom stereocenters. The minimum absolute atomic E-state index is 0.0585. The van der Waals surface area contributed by atoms with Crippen LogP contribution in [0.2, 0.25) is 0 Å². The standard InChI is InChI=1S/C14H16N2O2S/c17-13-11-4-2-1-3-10(11)9-12(15-13)14(18)16-5-7-19-8-6-16/h1-4,12H,5-9H2,(H,15,17)/t12-/m0/s1. The van der Waals surface area contributed by atoms with Crippen LogP contribution in [0.3, 0.4) is 0 Å². The summed E-state index contributed by atoms with van der Waals surface area (Å²) in [7, 11) is 0. The summed E-state index contributed by atoms with van der Waals surface area (Å²) < 4.78 is 0. The third kappa shape index (κ3) is 2.47. The van der Waals surface area contributed by atoms with Crippen LogP contribution < -0.4 is 5.32 Å². The summed E-state index contributed by atoms with van der Waals surface area (Å²) in [5, 5.41) is 2.83. The number of nitrogens with zero attached hydrogens (tertiary/aromatic N) is 1. The van der Waals surface area contributed by atoms with E-state index in [0.717, 1.165) is 30.2 Å². The Hall–Kier alpha value is -1.49. The number of rotatable bonds is 1. The van der Waals surface area contributed by atoms with Crippen molar-refractivity contribution in [3.8, 4) is 0 Å². The molecule has 19 heavy (non-hydrogen) atoms. The zero-order valence-corrected chi connectivity index (χ0v) is 11.4. The van der Waals surface area contributed by atoms with E-state index in [1.54, 1.807) is 0 Å². The van der Waals surface area contributed by atoms with E-state index in [1.807, 2.05) is 40.9 Å². The van der Waals surface area contributed by atoms with Gasteiger partial charge in [0, 0.05) is 36.6 Å². The first-order chi connectivity index (χ1) is 9.25. The lowest BCUT2D eigenvalue weighted by atomic mass is 9.94. The summed E-state index contributed by atoms with van der Waals surface area (Å²) in [4.78, 5) is 26.3. The molecule has 1 aromatic rings. The molecule has 100 valence electrons. The zero-order valence-electron chi connectivity index (χ0n) is 10.6. The van der Waals surface area contributed by atoms with Crippen LogP contribution in [0.15, 0.2) is 24.3 Å². The molecule has 0 radical (unpaired) electrons. The first kappa shape index (κ1) is 12.5. The van der Waals surface area contributed by atoms with E-state index in [2.05, 4.69) is 5.32 Å². The molecular weight excluding hydrogens is 260 g/mol. The fourth-order valence-corrected chi connectivity index (χ4v) is 3.48. The number of hydrogen-bond donors (Lipinski definition) is 1. The van der Waals surface area contributed by atoms with Crippen molar-refractivity contribution in [2.45, 2.75) is 12.5 Å². The molecule has 2 amide bonds. The maximum atomic E-state index is 12.4. The van der Waals surface area contributed by atoms with Crippen molar-refractivity contribution in [3.63, 3.8) is 0 Å². The van der Waals surface area contributed by atoms with Gasteiger partial charge in [-0.05, 0) is 11.6 Å². The summed E-state index contributed by atoms with van der Waals surface area (Å²) in [5.74, 6) is 1.90. The van der Waals surface area contributed by atoms with Crippen molar-refractivity contribution in [1.29, 1.82) is 0 Å². The fraction of sp³-hybridized carbons (Fsp3) is 0.429. The molecule has 2 aliphatic heterocycles. The number of fused-ring (bicyclic) bond motifs is 1. The van der Waals surface area contributed by atoms with Crippen LogP contribution in [0.1, 0.15) is 15.9 Å². The van der Waals surface area contributed by atoms with E-state index < -0.39 is 6.04 Å². The van der Waals surface area contributed by atoms with Gasteiger partial charge in [-0.3, -0.25) is 9.59 Å². The predicted molar refractivity (Wildman–Crippen MR) is 75.3 cm³/mol. The Balaban J connectivity index is 1.77. The molecule has 1 atom stereocenters. The highest BCUT2D eigenvalue weighted by atomic mass is 32.2. The van der Waals surface area contributed by atoms with E-state index in [0.29, 0.717) is 12.0 Å². The lowest BCUT2D eigenvalue weighted by Gasteiger charge is -2.32. The summed E-state index contributed by atoms with van der Waals surface area (Å²) in [6.45, 7) is 1.58. The monoisotopic (exact) mass is 276 g/mol. The van der Waals surface area contributed by atoms with Crippen LogP contribution in [0.5, 0.6) is 0 Å². The number of hydrogen-bond acceptors (Lipinski definition) is 3. The smallest absolute Gasteiger partial charge is 0.252 e. The molecule has 4 nitrogen and oxygen atoms in total. The Bertz CT molecular complexity index is 512. The second kappa shape index (κ2) is 5.25. The average Bonchev–Trinajstić information content (AvgIpc) is 2.47. The third-order valence-corrected chi connectivity index (χ3v) is 4.55. The van der Waals surface area contributed by atoms with Gasteiger partial charge in [0.15, 0.2) is 0 Å². The quantitative estimate of drug-likeness (QED) is 0.829. The number of amides is 2. The Morgan fingerprint density at radius 1 is 1.26 bits per heavy atom. The van der Waals surface area contributed by atoms with Gasteiger partial charge in [0.1, 0.15) is 6.04 Å². The number of carbonyl (C=O) groups excluding carboxylic acids is 2. The summed E-state index contributed by atoms with van der Waals surface area (Å²) in [6, 6.07) is 7.10. The van der Waals surface area contributed by atoms with Gasteiger partial charge in [0.25, 0.3) is 5.91 Å². The molecule has 3 rings (SSSR count). The van der Waals surface area contributed by atoms with Crippen LogP contribution in [0.25, 0.3) is 0 Å². The average molecular weight is 276 g/mol. The topological polar surface area (TPSA) is 49.4 Å². The van der Waals surface area contributed by atoms with Gasteiger partial charge >= 0.3 is 0 Å². The van der Waals surface area contributed by atoms with Crippen LogP contribution in [0, 0.1) is 0 Å². The Morgan fingerprint density at radius 3 is 2.79 bits per heavy atom. The normalized spacial score (nSPS) is 22.6. The van der Waals surface area contributed by atoms with Crippen LogP contribution >= 0.6 is 11.8 Å². The first-order valence-electron chi connectivity index (χ1n) is 6.51. The number of carbonyl (C=O) groups is 2. The minimum Gasteiger partial charge on any atom is -0.340 e. The van der Waals surface area contributed by atoms with Gasteiger partial charge in [-0.2, -0.15) is 11.8 Å². The van der Waals surface area contributed by atoms with Crippen molar-refractivity contribution in [2.75, 3.05) is 24.6 Å². The van der Waals surface area contributed by atoms with Crippen molar-refractivity contribution in [1.82, 2.24) is 10.2 Å². The molecular formula is C14H16N2O2S. The molecule has 1 N–H and O–H groups in total. The van der Waals surface area contributed by atoms with E-state index >= 15 is 0 Å². The molecule has 1 aromatic carbocycles.